The molecule has 0 atom stereocenters. The maximum atomic E-state index is 6.32. The minimum atomic E-state index is -3.07. The first kappa shape index (κ1) is 30.2. The van der Waals surface area contributed by atoms with Crippen molar-refractivity contribution < 1.29 is 26.6 Å². The third-order valence-electron chi connectivity index (χ3n) is 5.02. The molecular weight excluding hydrogens is 416 g/mol. The van der Waals surface area contributed by atoms with Gasteiger partial charge in [-0.3, -0.25) is 0 Å². The molecule has 0 N–H and O–H groups in total. The molecular formula is C22H50O6Si2. The highest BCUT2D eigenvalue weighted by molar-refractivity contribution is 6.82. The molecule has 0 unspecified atom stereocenters. The summed E-state index contributed by atoms with van der Waals surface area (Å²) in [7, 11) is -6.13. The Bertz CT molecular complexity index is 327. The molecule has 0 heterocycles. The molecule has 6 nitrogen and oxygen atoms in total. The van der Waals surface area contributed by atoms with E-state index in [0.717, 1.165) is 12.8 Å². The van der Waals surface area contributed by atoms with Crippen molar-refractivity contribution in [1.82, 2.24) is 0 Å². The lowest BCUT2D eigenvalue weighted by molar-refractivity contribution is 0.0310. The predicted molar refractivity (Wildman–Crippen MR) is 128 cm³/mol. The quantitative estimate of drug-likeness (QED) is 0.141. The summed E-state index contributed by atoms with van der Waals surface area (Å²) in [6.45, 7) is 17.4. The van der Waals surface area contributed by atoms with Crippen LogP contribution in [-0.4, -0.2) is 57.3 Å². The van der Waals surface area contributed by atoms with Gasteiger partial charge in [0.2, 0.25) is 0 Å². The maximum absolute atomic E-state index is 6.32. The SMILES string of the molecule is CCCCCCCCCC([Si](OCC)(OCC)OCC)[Si](OCC)(OCC)OCC. The zero-order chi connectivity index (χ0) is 22.7. The van der Waals surface area contributed by atoms with Crippen molar-refractivity contribution in [2.45, 2.75) is 105 Å². The lowest BCUT2D eigenvalue weighted by atomic mass is 10.1. The fraction of sp³-hybridized carbons (Fsp3) is 1.00. The first-order chi connectivity index (χ1) is 14.6. The van der Waals surface area contributed by atoms with E-state index in [2.05, 4.69) is 6.92 Å². The largest absolute Gasteiger partial charge is 0.508 e. The monoisotopic (exact) mass is 466 g/mol. The minimum absolute atomic E-state index is 0.111. The summed E-state index contributed by atoms with van der Waals surface area (Å²) in [6, 6.07) is 0. The van der Waals surface area contributed by atoms with E-state index in [9.17, 15) is 0 Å². The van der Waals surface area contributed by atoms with Crippen LogP contribution in [0.4, 0.5) is 0 Å². The summed E-state index contributed by atoms with van der Waals surface area (Å²) >= 11 is 0. The number of unbranched alkanes of at least 4 members (excludes halogenated alkanes) is 6. The molecule has 0 saturated heterocycles. The van der Waals surface area contributed by atoms with Crippen LogP contribution in [0.5, 0.6) is 0 Å². The average molecular weight is 467 g/mol. The minimum Gasteiger partial charge on any atom is -0.374 e. The molecule has 30 heavy (non-hydrogen) atoms. The Hall–Kier alpha value is 0.194. The van der Waals surface area contributed by atoms with Gasteiger partial charge in [0.25, 0.3) is 0 Å². The van der Waals surface area contributed by atoms with Gasteiger partial charge >= 0.3 is 17.6 Å². The number of rotatable bonds is 22. The van der Waals surface area contributed by atoms with Crippen molar-refractivity contribution in [3.63, 3.8) is 0 Å². The van der Waals surface area contributed by atoms with Gasteiger partial charge in [-0.05, 0) is 48.0 Å². The zero-order valence-corrected chi connectivity index (χ0v) is 22.9. The molecule has 0 aliphatic rings. The highest BCUT2D eigenvalue weighted by Gasteiger charge is 2.65. The normalized spacial score (nSPS) is 12.8. The van der Waals surface area contributed by atoms with E-state index in [4.69, 9.17) is 26.6 Å². The van der Waals surface area contributed by atoms with Crippen LogP contribution in [-0.2, 0) is 26.6 Å². The third kappa shape index (κ3) is 10.2. The van der Waals surface area contributed by atoms with Gasteiger partial charge < -0.3 is 26.6 Å². The highest BCUT2D eigenvalue weighted by Crippen LogP contribution is 2.41. The van der Waals surface area contributed by atoms with Crippen LogP contribution >= 0.6 is 0 Å². The summed E-state index contributed by atoms with van der Waals surface area (Å²) in [4.78, 5) is 0. The first-order valence-corrected chi connectivity index (χ1v) is 16.0. The van der Waals surface area contributed by atoms with Gasteiger partial charge in [0.1, 0.15) is 0 Å². The highest BCUT2D eigenvalue weighted by atomic mass is 28.5. The van der Waals surface area contributed by atoms with E-state index in [-0.39, 0.29) is 5.16 Å². The van der Waals surface area contributed by atoms with Crippen LogP contribution in [0.2, 0.25) is 5.16 Å². The second-order valence-corrected chi connectivity index (χ2v) is 13.4. The molecule has 0 saturated carbocycles. The number of hydrogen-bond donors (Lipinski definition) is 0. The first-order valence-electron chi connectivity index (χ1n) is 12.4. The van der Waals surface area contributed by atoms with Crippen LogP contribution in [0.15, 0.2) is 0 Å². The maximum Gasteiger partial charge on any atom is 0.508 e. The molecule has 0 bridgehead atoms. The second-order valence-electron chi connectivity index (χ2n) is 7.27. The predicted octanol–water partition coefficient (Wildman–Crippen LogP) is 6.13. The Morgan fingerprint density at radius 2 is 0.733 bits per heavy atom. The molecule has 0 aliphatic carbocycles. The molecule has 0 amide bonds. The Morgan fingerprint density at radius 1 is 0.433 bits per heavy atom. The molecule has 0 rings (SSSR count). The Labute approximate surface area is 189 Å². The van der Waals surface area contributed by atoms with E-state index in [1.807, 2.05) is 41.5 Å². The van der Waals surface area contributed by atoms with Crippen molar-refractivity contribution >= 4 is 17.6 Å². The van der Waals surface area contributed by atoms with Crippen LogP contribution < -0.4 is 0 Å². The van der Waals surface area contributed by atoms with E-state index in [1.54, 1.807) is 0 Å². The van der Waals surface area contributed by atoms with Crippen molar-refractivity contribution in [3.8, 4) is 0 Å². The standard InChI is InChI=1S/C22H50O6Si2/c1-8-15-16-17-18-19-20-21-22(29(23-9-2,24-10-3)25-11-4)30(26-12-5,27-13-6)28-14-7/h22H,8-21H2,1-7H3. The molecule has 0 aliphatic heterocycles. The average Bonchev–Trinajstić information content (AvgIpc) is 2.71. The fourth-order valence-electron chi connectivity index (χ4n) is 3.94. The molecule has 0 fully saturated rings. The summed E-state index contributed by atoms with van der Waals surface area (Å²) < 4.78 is 37.9. The van der Waals surface area contributed by atoms with E-state index >= 15 is 0 Å². The van der Waals surface area contributed by atoms with Crippen molar-refractivity contribution in [2.75, 3.05) is 39.6 Å². The van der Waals surface area contributed by atoms with Gasteiger partial charge in [-0.25, -0.2) is 0 Å². The van der Waals surface area contributed by atoms with Gasteiger partial charge in [0.15, 0.2) is 0 Å². The molecule has 0 aromatic rings. The fourth-order valence-corrected chi connectivity index (χ4v) is 12.4. The third-order valence-corrected chi connectivity index (χ3v) is 13.6. The lowest BCUT2D eigenvalue weighted by Gasteiger charge is -2.42. The number of hydrogen-bond acceptors (Lipinski definition) is 6. The molecule has 8 heteroatoms. The van der Waals surface area contributed by atoms with Gasteiger partial charge in [0.05, 0.1) is 5.16 Å². The van der Waals surface area contributed by atoms with Gasteiger partial charge in [-0.1, -0.05) is 51.9 Å². The van der Waals surface area contributed by atoms with Crippen molar-refractivity contribution in [1.29, 1.82) is 0 Å². The Kier molecular flexibility index (Phi) is 18.9. The van der Waals surface area contributed by atoms with Crippen LogP contribution in [0.1, 0.15) is 99.8 Å². The zero-order valence-electron chi connectivity index (χ0n) is 20.9. The lowest BCUT2D eigenvalue weighted by Crippen LogP contribution is -2.64. The van der Waals surface area contributed by atoms with Crippen LogP contribution in [0.3, 0.4) is 0 Å². The topological polar surface area (TPSA) is 55.4 Å². The van der Waals surface area contributed by atoms with E-state index in [1.165, 1.54) is 38.5 Å². The molecule has 182 valence electrons. The summed E-state index contributed by atoms with van der Waals surface area (Å²) in [5, 5.41) is -0.111. The van der Waals surface area contributed by atoms with Gasteiger partial charge in [-0.15, -0.1) is 0 Å². The van der Waals surface area contributed by atoms with Crippen molar-refractivity contribution in [3.05, 3.63) is 0 Å². The Balaban J connectivity index is 5.75. The molecule has 0 aromatic heterocycles. The smallest absolute Gasteiger partial charge is 0.374 e. The van der Waals surface area contributed by atoms with Gasteiger partial charge in [0, 0.05) is 39.6 Å². The van der Waals surface area contributed by atoms with Gasteiger partial charge in [-0.2, -0.15) is 0 Å². The molecule has 0 spiro atoms. The summed E-state index contributed by atoms with van der Waals surface area (Å²) in [5.41, 5.74) is 0. The van der Waals surface area contributed by atoms with Crippen LogP contribution in [0.25, 0.3) is 0 Å². The molecule has 0 aromatic carbocycles. The summed E-state index contributed by atoms with van der Waals surface area (Å²) in [6.07, 6.45) is 9.62. The Morgan fingerprint density at radius 3 is 1.03 bits per heavy atom. The van der Waals surface area contributed by atoms with E-state index in [0.29, 0.717) is 39.6 Å². The second kappa shape index (κ2) is 18.7. The molecule has 0 radical (unpaired) electrons. The summed E-state index contributed by atoms with van der Waals surface area (Å²) in [5.74, 6) is 0. The van der Waals surface area contributed by atoms with E-state index < -0.39 is 17.6 Å². The van der Waals surface area contributed by atoms with Crippen LogP contribution in [0, 0.1) is 0 Å². The van der Waals surface area contributed by atoms with Crippen molar-refractivity contribution in [2.24, 2.45) is 0 Å².